The highest BCUT2D eigenvalue weighted by atomic mass is 16.4. The van der Waals surface area contributed by atoms with E-state index in [1.807, 2.05) is 6.07 Å². The molecule has 19 heavy (non-hydrogen) atoms. The van der Waals surface area contributed by atoms with Gasteiger partial charge in [-0.15, -0.1) is 0 Å². The van der Waals surface area contributed by atoms with E-state index in [9.17, 15) is 14.4 Å². The number of carboxylic acids is 1. The average molecular weight is 264 g/mol. The van der Waals surface area contributed by atoms with Crippen molar-refractivity contribution in [3.8, 4) is 0 Å². The molecule has 0 aliphatic carbocycles. The summed E-state index contributed by atoms with van der Waals surface area (Å²) in [7, 11) is 1.55. The van der Waals surface area contributed by atoms with E-state index in [1.165, 1.54) is 4.90 Å². The number of aliphatic carboxylic acids is 1. The summed E-state index contributed by atoms with van der Waals surface area (Å²) in [6.07, 6.45) is 0.139. The molecule has 0 spiro atoms. The molecular weight excluding hydrogens is 248 g/mol. The average Bonchev–Trinajstić information content (AvgIpc) is 2.38. The molecule has 0 aliphatic heterocycles. The predicted molar refractivity (Wildman–Crippen MR) is 69.9 cm³/mol. The van der Waals surface area contributed by atoms with Crippen molar-refractivity contribution in [3.63, 3.8) is 0 Å². The van der Waals surface area contributed by atoms with Gasteiger partial charge in [0.1, 0.15) is 0 Å². The number of urea groups is 1. The normalized spacial score (nSPS) is 9.74. The summed E-state index contributed by atoms with van der Waals surface area (Å²) in [6.45, 7) is 0. The Bertz CT molecular complexity index is 459. The van der Waals surface area contributed by atoms with Crippen molar-refractivity contribution in [1.82, 2.24) is 5.32 Å². The molecule has 0 aromatic heterocycles. The van der Waals surface area contributed by atoms with Crippen LogP contribution in [0.1, 0.15) is 19.3 Å². The summed E-state index contributed by atoms with van der Waals surface area (Å²) in [5.74, 6) is -1.44. The van der Waals surface area contributed by atoms with E-state index in [-0.39, 0.29) is 19.3 Å². The van der Waals surface area contributed by atoms with Crippen LogP contribution in [0.4, 0.5) is 10.5 Å². The number of rotatable bonds is 5. The Morgan fingerprint density at radius 1 is 1.16 bits per heavy atom. The molecule has 3 amide bonds. The molecule has 0 bridgehead atoms. The number of benzene rings is 1. The number of nitrogens with zero attached hydrogens (tertiary/aromatic N) is 1. The Kier molecular flexibility index (Phi) is 5.53. The lowest BCUT2D eigenvalue weighted by atomic mass is 10.2. The van der Waals surface area contributed by atoms with Crippen molar-refractivity contribution in [3.05, 3.63) is 30.3 Å². The number of carboxylic acid groups (broad SMARTS) is 1. The van der Waals surface area contributed by atoms with Crippen LogP contribution in [-0.2, 0) is 9.59 Å². The Morgan fingerprint density at radius 3 is 2.37 bits per heavy atom. The van der Waals surface area contributed by atoms with Crippen molar-refractivity contribution in [2.75, 3.05) is 11.9 Å². The molecule has 1 aromatic carbocycles. The molecule has 6 heteroatoms. The first-order valence-electron chi connectivity index (χ1n) is 5.85. The van der Waals surface area contributed by atoms with E-state index in [2.05, 4.69) is 5.32 Å². The van der Waals surface area contributed by atoms with E-state index in [0.29, 0.717) is 5.69 Å². The van der Waals surface area contributed by atoms with Gasteiger partial charge in [-0.05, 0) is 18.6 Å². The zero-order valence-electron chi connectivity index (χ0n) is 10.6. The van der Waals surface area contributed by atoms with Crippen molar-refractivity contribution in [1.29, 1.82) is 0 Å². The minimum absolute atomic E-state index is 0.0146. The van der Waals surface area contributed by atoms with E-state index >= 15 is 0 Å². The fourth-order valence-corrected chi connectivity index (χ4v) is 1.43. The highest BCUT2D eigenvalue weighted by molar-refractivity contribution is 6.02. The van der Waals surface area contributed by atoms with Gasteiger partial charge >= 0.3 is 12.0 Å². The zero-order valence-corrected chi connectivity index (χ0v) is 10.6. The standard InChI is InChI=1S/C13H16N2O4/c1-15(10-6-3-2-4-7-10)13(19)14-11(16)8-5-9-12(17)18/h2-4,6-7H,5,8-9H2,1H3,(H,17,18)(H,14,16,19). The van der Waals surface area contributed by atoms with Crippen LogP contribution in [0.3, 0.4) is 0 Å². The number of imide groups is 1. The molecule has 0 saturated carbocycles. The van der Waals surface area contributed by atoms with Crippen molar-refractivity contribution in [2.24, 2.45) is 0 Å². The van der Waals surface area contributed by atoms with E-state index in [1.54, 1.807) is 31.3 Å². The lowest BCUT2D eigenvalue weighted by Crippen LogP contribution is -2.40. The molecule has 0 fully saturated rings. The number of hydrogen-bond acceptors (Lipinski definition) is 3. The highest BCUT2D eigenvalue weighted by Crippen LogP contribution is 2.10. The van der Waals surface area contributed by atoms with Gasteiger partial charge in [0.25, 0.3) is 0 Å². The quantitative estimate of drug-likeness (QED) is 0.846. The van der Waals surface area contributed by atoms with Gasteiger partial charge in [-0.2, -0.15) is 0 Å². The van der Waals surface area contributed by atoms with Crippen LogP contribution < -0.4 is 10.2 Å². The van der Waals surface area contributed by atoms with Crippen LogP contribution >= 0.6 is 0 Å². The third kappa shape index (κ3) is 5.20. The number of hydrogen-bond donors (Lipinski definition) is 2. The van der Waals surface area contributed by atoms with Crippen LogP contribution in [-0.4, -0.2) is 30.1 Å². The minimum atomic E-state index is -0.958. The van der Waals surface area contributed by atoms with Gasteiger partial charge in [0.05, 0.1) is 0 Å². The number of amides is 3. The van der Waals surface area contributed by atoms with Crippen molar-refractivity contribution >= 4 is 23.6 Å². The topological polar surface area (TPSA) is 86.7 Å². The molecule has 6 nitrogen and oxygen atoms in total. The van der Waals surface area contributed by atoms with Crippen molar-refractivity contribution < 1.29 is 19.5 Å². The second kappa shape index (κ2) is 7.15. The van der Waals surface area contributed by atoms with Gasteiger partial charge < -0.3 is 5.11 Å². The third-order valence-electron chi connectivity index (χ3n) is 2.49. The Hall–Kier alpha value is -2.37. The van der Waals surface area contributed by atoms with Gasteiger partial charge in [-0.3, -0.25) is 19.8 Å². The third-order valence-corrected chi connectivity index (χ3v) is 2.49. The van der Waals surface area contributed by atoms with Gasteiger partial charge in [0.15, 0.2) is 0 Å². The molecule has 2 N–H and O–H groups in total. The van der Waals surface area contributed by atoms with Gasteiger partial charge in [-0.25, -0.2) is 4.79 Å². The molecular formula is C13H16N2O4. The Morgan fingerprint density at radius 2 is 1.79 bits per heavy atom. The second-order valence-electron chi connectivity index (χ2n) is 4.00. The monoisotopic (exact) mass is 264 g/mol. The van der Waals surface area contributed by atoms with Gasteiger partial charge in [0.2, 0.25) is 5.91 Å². The van der Waals surface area contributed by atoms with E-state index < -0.39 is 17.9 Å². The first kappa shape index (κ1) is 14.7. The molecule has 0 unspecified atom stereocenters. The molecule has 0 radical (unpaired) electrons. The zero-order chi connectivity index (χ0) is 14.3. The maximum atomic E-state index is 11.7. The fraction of sp³-hybridized carbons (Fsp3) is 0.308. The second-order valence-corrected chi connectivity index (χ2v) is 4.00. The fourth-order valence-electron chi connectivity index (χ4n) is 1.43. The smallest absolute Gasteiger partial charge is 0.328 e. The van der Waals surface area contributed by atoms with Crippen LogP contribution in [0.25, 0.3) is 0 Å². The molecule has 1 rings (SSSR count). The number of para-hydroxylation sites is 1. The molecule has 1 aromatic rings. The minimum Gasteiger partial charge on any atom is -0.481 e. The summed E-state index contributed by atoms with van der Waals surface area (Å²) in [6, 6.07) is 8.35. The maximum absolute atomic E-state index is 11.7. The predicted octanol–water partition coefficient (Wildman–Crippen LogP) is 1.61. The largest absolute Gasteiger partial charge is 0.481 e. The molecule has 0 aliphatic rings. The maximum Gasteiger partial charge on any atom is 0.328 e. The SMILES string of the molecule is CN(C(=O)NC(=O)CCCC(=O)O)c1ccccc1. The first-order chi connectivity index (χ1) is 9.00. The van der Waals surface area contributed by atoms with E-state index in [0.717, 1.165) is 0 Å². The molecule has 0 atom stereocenters. The lowest BCUT2D eigenvalue weighted by molar-refractivity contribution is -0.137. The molecule has 0 heterocycles. The van der Waals surface area contributed by atoms with Crippen molar-refractivity contribution in [2.45, 2.75) is 19.3 Å². The Labute approximate surface area is 111 Å². The van der Waals surface area contributed by atoms with Crippen LogP contribution in [0.5, 0.6) is 0 Å². The molecule has 102 valence electrons. The number of anilines is 1. The first-order valence-corrected chi connectivity index (χ1v) is 5.85. The number of carbonyl (C=O) groups is 3. The van der Waals surface area contributed by atoms with Crippen LogP contribution in [0.15, 0.2) is 30.3 Å². The van der Waals surface area contributed by atoms with Gasteiger partial charge in [-0.1, -0.05) is 18.2 Å². The van der Waals surface area contributed by atoms with Gasteiger partial charge in [0, 0.05) is 25.6 Å². The lowest BCUT2D eigenvalue weighted by Gasteiger charge is -2.17. The summed E-state index contributed by atoms with van der Waals surface area (Å²) in [4.78, 5) is 34.8. The number of nitrogens with one attached hydrogen (secondary N) is 1. The summed E-state index contributed by atoms with van der Waals surface area (Å²) in [5.41, 5.74) is 0.665. The summed E-state index contributed by atoms with van der Waals surface area (Å²) < 4.78 is 0. The Balaban J connectivity index is 2.42. The van der Waals surface area contributed by atoms with Crippen LogP contribution in [0, 0.1) is 0 Å². The van der Waals surface area contributed by atoms with E-state index in [4.69, 9.17) is 5.11 Å². The number of carbonyl (C=O) groups excluding carboxylic acids is 2. The molecule has 0 saturated heterocycles. The highest BCUT2D eigenvalue weighted by Gasteiger charge is 2.13. The van der Waals surface area contributed by atoms with Crippen LogP contribution in [0.2, 0.25) is 0 Å². The summed E-state index contributed by atoms with van der Waals surface area (Å²) >= 11 is 0. The summed E-state index contributed by atoms with van der Waals surface area (Å²) in [5, 5.41) is 10.6.